The van der Waals surface area contributed by atoms with E-state index in [4.69, 9.17) is 5.73 Å². The number of amides is 2. The van der Waals surface area contributed by atoms with E-state index in [0.29, 0.717) is 35.5 Å². The third kappa shape index (κ3) is 4.79. The summed E-state index contributed by atoms with van der Waals surface area (Å²) in [7, 11) is 1.96. The molecule has 0 aliphatic carbocycles. The molecule has 2 saturated heterocycles. The normalized spacial score (nSPS) is 23.7. The smallest absolute Gasteiger partial charge is 0.321 e. The third-order valence-electron chi connectivity index (χ3n) is 7.37. The second-order valence-corrected chi connectivity index (χ2v) is 9.88. The van der Waals surface area contributed by atoms with Gasteiger partial charge in [-0.25, -0.2) is 18.0 Å². The molecule has 1 unspecified atom stereocenters. The molecular formula is C27H28F3N5O2. The van der Waals surface area contributed by atoms with Gasteiger partial charge in [-0.2, -0.15) is 0 Å². The van der Waals surface area contributed by atoms with Crippen LogP contribution in [0.15, 0.2) is 54.7 Å². The summed E-state index contributed by atoms with van der Waals surface area (Å²) in [5.74, 6) is -2.64. The van der Waals surface area contributed by atoms with Crippen LogP contribution in [0.2, 0.25) is 0 Å². The number of nitrogens with one attached hydrogen (secondary N) is 1. The highest BCUT2D eigenvalue weighted by Gasteiger charge is 2.54. The summed E-state index contributed by atoms with van der Waals surface area (Å²) in [4.78, 5) is 21.2. The quantitative estimate of drug-likeness (QED) is 0.498. The molecule has 1 aromatic heterocycles. The van der Waals surface area contributed by atoms with Crippen molar-refractivity contribution in [1.82, 2.24) is 14.8 Å². The van der Waals surface area contributed by atoms with Crippen LogP contribution in [0, 0.1) is 29.3 Å². The van der Waals surface area contributed by atoms with Crippen LogP contribution in [0.3, 0.4) is 0 Å². The number of fused-ring (bicyclic) bond motifs is 2. The minimum atomic E-state index is -1.28. The summed E-state index contributed by atoms with van der Waals surface area (Å²) in [5.41, 5.74) is 6.58. The molecule has 4 N–H and O–H groups in total. The van der Waals surface area contributed by atoms with Crippen molar-refractivity contribution in [2.75, 3.05) is 38.5 Å². The maximum absolute atomic E-state index is 14.2. The van der Waals surface area contributed by atoms with Crippen molar-refractivity contribution in [2.24, 2.45) is 17.6 Å². The largest absolute Gasteiger partial charge is 0.383 e. The van der Waals surface area contributed by atoms with Gasteiger partial charge in [0.15, 0.2) is 0 Å². The van der Waals surface area contributed by atoms with Gasteiger partial charge in [0.1, 0.15) is 23.1 Å². The van der Waals surface area contributed by atoms with Gasteiger partial charge < -0.3 is 26.0 Å². The van der Waals surface area contributed by atoms with Gasteiger partial charge >= 0.3 is 6.03 Å². The minimum absolute atomic E-state index is 0.0267. The molecule has 2 bridgehead atoms. The Morgan fingerprint density at radius 2 is 1.68 bits per heavy atom. The molecule has 0 saturated carbocycles. The number of nitrogens with two attached hydrogens (primary N) is 1. The van der Waals surface area contributed by atoms with E-state index in [-0.39, 0.29) is 43.0 Å². The summed E-state index contributed by atoms with van der Waals surface area (Å²) >= 11 is 0. The Bertz CT molecular complexity index is 1280. The summed E-state index contributed by atoms with van der Waals surface area (Å²) in [6.45, 7) is 1.63. The lowest BCUT2D eigenvalue weighted by Gasteiger charge is -2.54. The van der Waals surface area contributed by atoms with Crippen LogP contribution in [0.4, 0.5) is 23.7 Å². The van der Waals surface area contributed by atoms with Crippen LogP contribution in [0.1, 0.15) is 11.3 Å². The van der Waals surface area contributed by atoms with Gasteiger partial charge in [-0.3, -0.25) is 4.98 Å². The van der Waals surface area contributed by atoms with E-state index >= 15 is 0 Å². The number of nitrogens with zero attached hydrogens (tertiary/aromatic N) is 3. The second-order valence-electron chi connectivity index (χ2n) is 9.88. The lowest BCUT2D eigenvalue weighted by molar-refractivity contribution is -0.155. The first-order chi connectivity index (χ1) is 17.7. The zero-order valence-corrected chi connectivity index (χ0v) is 20.3. The number of aliphatic hydroxyl groups is 1. The molecule has 37 heavy (non-hydrogen) atoms. The fraction of sp³-hybridized carbons (Fsp3) is 0.333. The molecule has 2 amide bonds. The molecule has 2 aliphatic heterocycles. The van der Waals surface area contributed by atoms with Crippen LogP contribution >= 0.6 is 0 Å². The van der Waals surface area contributed by atoms with Crippen LogP contribution < -0.4 is 11.1 Å². The molecule has 2 fully saturated rings. The first kappa shape index (κ1) is 25.2. The standard InChI is InChI=1S/C27H28F3N5O2/c1-34-12-19-14-35(26(36)33-23-8-21(28)7-22(29)9-23)15-20(13-34)27(19,37)25-5-4-18(11-32-25)16-2-3-17(10-31)24(30)6-16/h2-9,11,19-20,37H,10,12-15,31H2,1H3,(H,33,36)/t19-,20+,27?. The molecule has 3 atom stereocenters. The predicted octanol–water partition coefficient (Wildman–Crippen LogP) is 3.54. The highest BCUT2D eigenvalue weighted by molar-refractivity contribution is 5.89. The van der Waals surface area contributed by atoms with Crippen molar-refractivity contribution in [3.63, 3.8) is 0 Å². The minimum Gasteiger partial charge on any atom is -0.383 e. The van der Waals surface area contributed by atoms with Crippen LogP contribution in [0.25, 0.3) is 11.1 Å². The van der Waals surface area contributed by atoms with Crippen molar-refractivity contribution in [2.45, 2.75) is 12.1 Å². The molecule has 10 heteroatoms. The maximum Gasteiger partial charge on any atom is 0.321 e. The topological polar surface area (TPSA) is 94.7 Å². The predicted molar refractivity (Wildman–Crippen MR) is 133 cm³/mol. The molecule has 0 spiro atoms. The number of rotatable bonds is 4. The Labute approximate surface area is 212 Å². The van der Waals surface area contributed by atoms with Crippen molar-refractivity contribution in [1.29, 1.82) is 0 Å². The Kier molecular flexibility index (Phi) is 6.65. The van der Waals surface area contributed by atoms with Gasteiger partial charge in [-0.1, -0.05) is 18.2 Å². The highest BCUT2D eigenvalue weighted by Crippen LogP contribution is 2.44. The van der Waals surface area contributed by atoms with E-state index in [9.17, 15) is 23.1 Å². The molecule has 3 heterocycles. The van der Waals surface area contributed by atoms with Crippen molar-refractivity contribution in [3.8, 4) is 11.1 Å². The van der Waals surface area contributed by atoms with E-state index in [1.54, 1.807) is 35.4 Å². The number of aromatic nitrogens is 1. The number of hydrogen-bond donors (Lipinski definition) is 3. The number of carbonyl (C=O) groups is 1. The number of anilines is 1. The van der Waals surface area contributed by atoms with Gasteiger partial charge in [0.25, 0.3) is 0 Å². The molecule has 194 valence electrons. The number of benzene rings is 2. The van der Waals surface area contributed by atoms with Crippen LogP contribution in [0.5, 0.6) is 0 Å². The lowest BCUT2D eigenvalue weighted by Crippen LogP contribution is -2.66. The van der Waals surface area contributed by atoms with Gasteiger partial charge in [-0.05, 0) is 36.9 Å². The lowest BCUT2D eigenvalue weighted by atomic mass is 9.68. The third-order valence-corrected chi connectivity index (χ3v) is 7.37. The fourth-order valence-corrected chi connectivity index (χ4v) is 5.55. The Morgan fingerprint density at radius 3 is 2.24 bits per heavy atom. The van der Waals surface area contributed by atoms with Gasteiger partial charge in [0.2, 0.25) is 0 Å². The van der Waals surface area contributed by atoms with Gasteiger partial charge in [0.05, 0.1) is 5.69 Å². The average Bonchev–Trinajstić information content (AvgIpc) is 2.84. The first-order valence-electron chi connectivity index (χ1n) is 12.1. The number of hydrogen-bond acceptors (Lipinski definition) is 5. The highest BCUT2D eigenvalue weighted by atomic mass is 19.1. The van der Waals surface area contributed by atoms with E-state index in [1.165, 1.54) is 6.07 Å². The summed E-state index contributed by atoms with van der Waals surface area (Å²) in [5, 5.41) is 14.5. The zero-order chi connectivity index (χ0) is 26.3. The summed E-state index contributed by atoms with van der Waals surface area (Å²) < 4.78 is 41.3. The molecule has 3 aromatic rings. The van der Waals surface area contributed by atoms with E-state index in [2.05, 4.69) is 15.2 Å². The number of piperidine rings is 2. The van der Waals surface area contributed by atoms with Crippen LogP contribution in [-0.2, 0) is 12.1 Å². The Morgan fingerprint density at radius 1 is 1.03 bits per heavy atom. The molecule has 5 rings (SSSR count). The van der Waals surface area contributed by atoms with Gasteiger partial charge in [0, 0.05) is 73.6 Å². The molecule has 2 aliphatic rings. The molecule has 0 radical (unpaired) electrons. The van der Waals surface area contributed by atoms with Crippen molar-refractivity contribution < 1.29 is 23.1 Å². The maximum atomic E-state index is 14.2. The first-order valence-corrected chi connectivity index (χ1v) is 12.1. The SMILES string of the molecule is CN1C[C@@H]2CN(C(=O)Nc3cc(F)cc(F)c3)C[C@H](C1)C2(O)c1ccc(-c2ccc(CN)c(F)c2)cn1. The fourth-order valence-electron chi connectivity index (χ4n) is 5.55. The summed E-state index contributed by atoms with van der Waals surface area (Å²) in [6, 6.07) is 10.7. The van der Waals surface area contributed by atoms with Crippen molar-refractivity contribution in [3.05, 3.63) is 83.4 Å². The monoisotopic (exact) mass is 511 g/mol. The average molecular weight is 512 g/mol. The Hall–Kier alpha value is -3.47. The van der Waals surface area contributed by atoms with Gasteiger partial charge in [-0.15, -0.1) is 0 Å². The molecule has 7 nitrogen and oxygen atoms in total. The number of pyridine rings is 1. The van der Waals surface area contributed by atoms with E-state index in [0.717, 1.165) is 18.2 Å². The number of halogens is 3. The van der Waals surface area contributed by atoms with E-state index < -0.39 is 23.3 Å². The van der Waals surface area contributed by atoms with Crippen molar-refractivity contribution >= 4 is 11.7 Å². The van der Waals surface area contributed by atoms with Crippen LogP contribution in [-0.4, -0.2) is 59.1 Å². The van der Waals surface area contributed by atoms with E-state index in [1.807, 2.05) is 7.05 Å². The molecular weight excluding hydrogens is 483 g/mol. The number of urea groups is 1. The zero-order valence-electron chi connectivity index (χ0n) is 20.3. The Balaban J connectivity index is 1.37. The number of carbonyl (C=O) groups excluding carboxylic acids is 1. The number of likely N-dealkylation sites (tertiary alicyclic amines) is 2. The molecule has 2 aromatic carbocycles. The second kappa shape index (κ2) is 9.77. The summed E-state index contributed by atoms with van der Waals surface area (Å²) in [6.07, 6.45) is 1.61.